The molecule has 0 bridgehead atoms. The lowest BCUT2D eigenvalue weighted by Gasteiger charge is -2.24. The van der Waals surface area contributed by atoms with Gasteiger partial charge in [0.15, 0.2) is 0 Å². The van der Waals surface area contributed by atoms with E-state index in [2.05, 4.69) is 15.4 Å². The van der Waals surface area contributed by atoms with Crippen LogP contribution in [-0.4, -0.2) is 48.2 Å². The van der Waals surface area contributed by atoms with Gasteiger partial charge in [0.2, 0.25) is 0 Å². The monoisotopic (exact) mass is 253 g/mol. The first-order valence-electron chi connectivity index (χ1n) is 5.50. The second-order valence-corrected chi connectivity index (χ2v) is 4.92. The fraction of sp³-hybridized carbons (Fsp3) is 0.455. The Labute approximate surface area is 104 Å². The third-order valence-electron chi connectivity index (χ3n) is 2.40. The molecule has 1 aliphatic heterocycles. The van der Waals surface area contributed by atoms with E-state index in [9.17, 15) is 4.79 Å². The molecule has 1 aromatic heterocycles. The topological polar surface area (TPSA) is 57.8 Å². The van der Waals surface area contributed by atoms with Crippen molar-refractivity contribution < 1.29 is 9.21 Å². The summed E-state index contributed by atoms with van der Waals surface area (Å²) in [5.41, 5.74) is 2.49. The van der Waals surface area contributed by atoms with Crippen LogP contribution >= 0.6 is 11.8 Å². The Hall–Kier alpha value is -1.27. The second kappa shape index (κ2) is 6.46. The molecule has 1 saturated heterocycles. The molecule has 1 aromatic rings. The quantitative estimate of drug-likeness (QED) is 0.636. The van der Waals surface area contributed by atoms with Crippen LogP contribution in [0, 0.1) is 0 Å². The smallest absolute Gasteiger partial charge is 0.254 e. The van der Waals surface area contributed by atoms with E-state index in [0.29, 0.717) is 12.3 Å². The van der Waals surface area contributed by atoms with E-state index in [1.807, 2.05) is 11.8 Å². The number of nitrogens with one attached hydrogen (secondary N) is 1. The Kier molecular flexibility index (Phi) is 4.63. The number of amides is 1. The average molecular weight is 253 g/mol. The minimum absolute atomic E-state index is 0.0836. The number of hydrogen-bond donors (Lipinski definition) is 1. The second-order valence-electron chi connectivity index (χ2n) is 3.70. The lowest BCUT2D eigenvalue weighted by Crippen LogP contribution is -2.40. The Morgan fingerprint density at radius 1 is 1.59 bits per heavy atom. The molecular formula is C11H15N3O2S. The highest BCUT2D eigenvalue weighted by Gasteiger charge is 2.13. The number of thioether (sulfide) groups is 1. The molecule has 6 heteroatoms. The highest BCUT2D eigenvalue weighted by atomic mass is 32.2. The maximum absolute atomic E-state index is 11.5. The van der Waals surface area contributed by atoms with Gasteiger partial charge in [-0.05, 0) is 12.1 Å². The van der Waals surface area contributed by atoms with Crippen LogP contribution in [0.3, 0.4) is 0 Å². The van der Waals surface area contributed by atoms with Crippen LogP contribution in [0.2, 0.25) is 0 Å². The molecule has 1 aliphatic rings. The fourth-order valence-corrected chi connectivity index (χ4v) is 2.51. The highest BCUT2D eigenvalue weighted by molar-refractivity contribution is 7.99. The fourth-order valence-electron chi connectivity index (χ4n) is 1.53. The molecule has 2 rings (SSSR count). The van der Waals surface area contributed by atoms with Gasteiger partial charge in [-0.3, -0.25) is 9.69 Å². The van der Waals surface area contributed by atoms with E-state index >= 15 is 0 Å². The van der Waals surface area contributed by atoms with Crippen LogP contribution in [0.15, 0.2) is 27.9 Å². The normalized spacial score (nSPS) is 17.4. The molecule has 17 heavy (non-hydrogen) atoms. The van der Waals surface area contributed by atoms with Gasteiger partial charge in [-0.15, -0.1) is 0 Å². The van der Waals surface area contributed by atoms with E-state index in [0.717, 1.165) is 24.6 Å². The van der Waals surface area contributed by atoms with E-state index in [1.165, 1.54) is 6.21 Å². The van der Waals surface area contributed by atoms with Gasteiger partial charge in [0.25, 0.3) is 5.91 Å². The molecule has 0 unspecified atom stereocenters. The molecule has 0 atom stereocenters. The van der Waals surface area contributed by atoms with Crippen molar-refractivity contribution in [1.82, 2.24) is 10.3 Å². The van der Waals surface area contributed by atoms with Gasteiger partial charge in [0, 0.05) is 24.6 Å². The molecular weight excluding hydrogens is 238 g/mol. The molecule has 1 amide bonds. The first-order chi connectivity index (χ1) is 8.34. The third-order valence-corrected chi connectivity index (χ3v) is 3.34. The predicted octanol–water partition coefficient (Wildman–Crippen LogP) is 0.778. The molecule has 0 aromatic carbocycles. The maximum atomic E-state index is 11.5. The molecule has 0 radical (unpaired) electrons. The summed E-state index contributed by atoms with van der Waals surface area (Å²) in [5.74, 6) is 2.74. The van der Waals surface area contributed by atoms with Gasteiger partial charge in [-0.25, -0.2) is 5.43 Å². The first-order valence-corrected chi connectivity index (χ1v) is 6.65. The largest absolute Gasteiger partial charge is 0.463 e. The predicted molar refractivity (Wildman–Crippen MR) is 68.2 cm³/mol. The summed E-state index contributed by atoms with van der Waals surface area (Å²) in [6, 6.07) is 3.55. The van der Waals surface area contributed by atoms with E-state index in [1.54, 1.807) is 18.4 Å². The summed E-state index contributed by atoms with van der Waals surface area (Å²) in [6.45, 7) is 2.36. The molecule has 5 nitrogen and oxygen atoms in total. The van der Waals surface area contributed by atoms with Crippen molar-refractivity contribution in [3.05, 3.63) is 24.2 Å². The highest BCUT2D eigenvalue weighted by Crippen LogP contribution is 2.08. The van der Waals surface area contributed by atoms with Gasteiger partial charge >= 0.3 is 0 Å². The van der Waals surface area contributed by atoms with Crippen molar-refractivity contribution >= 4 is 23.9 Å². The van der Waals surface area contributed by atoms with Crippen LogP contribution in [0.1, 0.15) is 5.76 Å². The van der Waals surface area contributed by atoms with Gasteiger partial charge in [0.05, 0.1) is 19.0 Å². The lowest BCUT2D eigenvalue weighted by atomic mass is 10.4. The molecule has 1 N–H and O–H groups in total. The molecule has 1 fully saturated rings. The number of rotatable bonds is 4. The third kappa shape index (κ3) is 4.24. The van der Waals surface area contributed by atoms with Crippen molar-refractivity contribution in [1.29, 1.82) is 0 Å². The standard InChI is InChI=1S/C11H15N3O2S/c15-11(9-14-3-6-17-7-4-14)13-12-8-10-2-1-5-16-10/h1-2,5,8H,3-4,6-7,9H2,(H,13,15)/b12-8+. The van der Waals surface area contributed by atoms with Gasteiger partial charge in [-0.2, -0.15) is 16.9 Å². The average Bonchev–Trinajstić information content (AvgIpc) is 2.83. The summed E-state index contributed by atoms with van der Waals surface area (Å²) < 4.78 is 5.05. The van der Waals surface area contributed by atoms with Crippen LogP contribution < -0.4 is 5.43 Å². The van der Waals surface area contributed by atoms with Gasteiger partial charge < -0.3 is 4.42 Å². The summed E-state index contributed by atoms with van der Waals surface area (Å²) in [4.78, 5) is 13.7. The summed E-state index contributed by atoms with van der Waals surface area (Å²) in [6.07, 6.45) is 3.05. The molecule has 92 valence electrons. The van der Waals surface area contributed by atoms with Crippen molar-refractivity contribution in [3.63, 3.8) is 0 Å². The van der Waals surface area contributed by atoms with E-state index < -0.39 is 0 Å². The van der Waals surface area contributed by atoms with Crippen molar-refractivity contribution in [2.24, 2.45) is 5.10 Å². The Morgan fingerprint density at radius 3 is 3.12 bits per heavy atom. The molecule has 2 heterocycles. The number of carbonyl (C=O) groups is 1. The summed E-state index contributed by atoms with van der Waals surface area (Å²) in [7, 11) is 0. The minimum atomic E-state index is -0.0836. The minimum Gasteiger partial charge on any atom is -0.463 e. The zero-order valence-electron chi connectivity index (χ0n) is 9.46. The Morgan fingerprint density at radius 2 is 2.41 bits per heavy atom. The number of furan rings is 1. The lowest BCUT2D eigenvalue weighted by molar-refractivity contribution is -0.122. The van der Waals surface area contributed by atoms with Crippen LogP contribution in [-0.2, 0) is 4.79 Å². The SMILES string of the molecule is O=C(CN1CCSCC1)N/N=C/c1ccco1. The summed E-state index contributed by atoms with van der Waals surface area (Å²) >= 11 is 1.93. The Bertz CT molecular complexity index is 372. The van der Waals surface area contributed by atoms with Crippen LogP contribution in [0.25, 0.3) is 0 Å². The number of hydrogen-bond acceptors (Lipinski definition) is 5. The van der Waals surface area contributed by atoms with Gasteiger partial charge in [-0.1, -0.05) is 0 Å². The number of hydrazone groups is 1. The van der Waals surface area contributed by atoms with E-state index in [-0.39, 0.29) is 5.91 Å². The molecule has 0 spiro atoms. The van der Waals surface area contributed by atoms with Crippen molar-refractivity contribution in [2.75, 3.05) is 31.1 Å². The van der Waals surface area contributed by atoms with Gasteiger partial charge in [0.1, 0.15) is 5.76 Å². The zero-order chi connectivity index (χ0) is 11.9. The first kappa shape index (κ1) is 12.2. The maximum Gasteiger partial charge on any atom is 0.254 e. The van der Waals surface area contributed by atoms with Crippen LogP contribution in [0.5, 0.6) is 0 Å². The van der Waals surface area contributed by atoms with Crippen molar-refractivity contribution in [3.8, 4) is 0 Å². The van der Waals surface area contributed by atoms with E-state index in [4.69, 9.17) is 4.42 Å². The zero-order valence-corrected chi connectivity index (χ0v) is 10.3. The van der Waals surface area contributed by atoms with Crippen molar-refractivity contribution in [2.45, 2.75) is 0 Å². The number of carbonyl (C=O) groups excluding carboxylic acids is 1. The molecule has 0 saturated carbocycles. The Balaban J connectivity index is 1.70. The summed E-state index contributed by atoms with van der Waals surface area (Å²) in [5, 5.41) is 3.83. The molecule has 0 aliphatic carbocycles. The number of nitrogens with zero attached hydrogens (tertiary/aromatic N) is 2. The van der Waals surface area contributed by atoms with Crippen LogP contribution in [0.4, 0.5) is 0 Å².